The van der Waals surface area contributed by atoms with E-state index in [4.69, 9.17) is 4.98 Å². The van der Waals surface area contributed by atoms with E-state index in [1.807, 2.05) is 78.9 Å². The molecule has 1 heterocycles. The minimum atomic E-state index is 0.695. The minimum Gasteiger partial charge on any atom is -0.228 e. The lowest BCUT2D eigenvalue weighted by molar-refractivity contribution is 1.16. The van der Waals surface area contributed by atoms with Gasteiger partial charge in [0, 0.05) is 11.1 Å². The zero-order valence-electron chi connectivity index (χ0n) is 13.4. The number of hydrogen-bond donors (Lipinski definition) is 0. The van der Waals surface area contributed by atoms with Gasteiger partial charge in [0.1, 0.15) is 0 Å². The fraction of sp³-hybridized carbons (Fsp3) is 0. The van der Waals surface area contributed by atoms with E-state index in [9.17, 15) is 0 Å². The lowest BCUT2D eigenvalue weighted by Crippen LogP contribution is -1.97. The van der Waals surface area contributed by atoms with Gasteiger partial charge in [0.25, 0.3) is 0 Å². The Morgan fingerprint density at radius 3 is 2.08 bits per heavy atom. The standard InChI is InChI=1S/C22H18N2/c1-3-4-11-17(2)20-16-21(18-12-7-5-8-13-18)24-22(23-20)19-14-9-6-10-15-19/h3-16H,1-2H2/b11-4-. The maximum atomic E-state index is 4.74. The highest BCUT2D eigenvalue weighted by atomic mass is 14.9. The molecule has 3 aromatic rings. The van der Waals surface area contributed by atoms with Gasteiger partial charge in [-0.3, -0.25) is 0 Å². The van der Waals surface area contributed by atoms with Gasteiger partial charge in [0.05, 0.1) is 11.4 Å². The normalized spacial score (nSPS) is 10.7. The molecule has 0 unspecified atom stereocenters. The van der Waals surface area contributed by atoms with E-state index >= 15 is 0 Å². The molecule has 2 nitrogen and oxygen atoms in total. The quantitative estimate of drug-likeness (QED) is 0.576. The molecule has 2 aromatic carbocycles. The molecule has 0 amide bonds. The van der Waals surface area contributed by atoms with Gasteiger partial charge in [-0.25, -0.2) is 9.97 Å². The van der Waals surface area contributed by atoms with Crippen LogP contribution in [-0.2, 0) is 0 Å². The number of hydrogen-bond acceptors (Lipinski definition) is 2. The van der Waals surface area contributed by atoms with Crippen LogP contribution in [0.1, 0.15) is 5.69 Å². The van der Waals surface area contributed by atoms with E-state index in [0.29, 0.717) is 5.82 Å². The fourth-order valence-electron chi connectivity index (χ4n) is 2.35. The Morgan fingerprint density at radius 1 is 0.833 bits per heavy atom. The molecule has 0 aliphatic rings. The molecule has 24 heavy (non-hydrogen) atoms. The molecule has 0 saturated carbocycles. The van der Waals surface area contributed by atoms with Crippen LogP contribution in [0.4, 0.5) is 0 Å². The van der Waals surface area contributed by atoms with Crippen LogP contribution >= 0.6 is 0 Å². The summed E-state index contributed by atoms with van der Waals surface area (Å²) in [5.41, 5.74) is 4.55. The second-order valence-corrected chi connectivity index (χ2v) is 5.31. The van der Waals surface area contributed by atoms with E-state index in [1.165, 1.54) is 0 Å². The van der Waals surface area contributed by atoms with Crippen LogP contribution in [0.15, 0.2) is 98.1 Å². The summed E-state index contributed by atoms with van der Waals surface area (Å²) in [7, 11) is 0. The van der Waals surface area contributed by atoms with E-state index in [2.05, 4.69) is 18.1 Å². The first kappa shape index (κ1) is 15.6. The summed E-state index contributed by atoms with van der Waals surface area (Å²) in [6.07, 6.45) is 5.48. The Morgan fingerprint density at radius 2 is 1.46 bits per heavy atom. The number of rotatable bonds is 5. The Kier molecular flexibility index (Phi) is 4.78. The van der Waals surface area contributed by atoms with Crippen LogP contribution in [-0.4, -0.2) is 9.97 Å². The maximum Gasteiger partial charge on any atom is 0.160 e. The minimum absolute atomic E-state index is 0.695. The van der Waals surface area contributed by atoms with Crippen molar-refractivity contribution in [2.75, 3.05) is 0 Å². The van der Waals surface area contributed by atoms with Crippen molar-refractivity contribution in [1.82, 2.24) is 9.97 Å². The SMILES string of the molecule is C=C/C=C\C(=C)c1cc(-c2ccccc2)nc(-c2ccccc2)n1. The summed E-state index contributed by atoms with van der Waals surface area (Å²) in [6, 6.07) is 22.0. The largest absolute Gasteiger partial charge is 0.228 e. The predicted molar refractivity (Wildman–Crippen MR) is 101 cm³/mol. The third-order valence-electron chi connectivity index (χ3n) is 3.59. The molecule has 0 atom stereocenters. The third kappa shape index (κ3) is 3.55. The summed E-state index contributed by atoms with van der Waals surface area (Å²) in [5, 5.41) is 0. The van der Waals surface area contributed by atoms with Crippen molar-refractivity contribution in [3.05, 3.63) is 104 Å². The Hall–Kier alpha value is -3.26. The van der Waals surface area contributed by atoms with E-state index in [-0.39, 0.29) is 0 Å². The average Bonchev–Trinajstić information content (AvgIpc) is 2.67. The topological polar surface area (TPSA) is 25.8 Å². The number of nitrogens with zero attached hydrogens (tertiary/aromatic N) is 2. The van der Waals surface area contributed by atoms with E-state index in [0.717, 1.165) is 28.1 Å². The molecule has 2 heteroatoms. The van der Waals surface area contributed by atoms with Gasteiger partial charge in [-0.2, -0.15) is 0 Å². The van der Waals surface area contributed by atoms with Crippen LogP contribution in [0.3, 0.4) is 0 Å². The molecule has 0 fully saturated rings. The zero-order valence-corrected chi connectivity index (χ0v) is 13.4. The van der Waals surface area contributed by atoms with Crippen molar-refractivity contribution in [3.8, 4) is 22.6 Å². The number of benzene rings is 2. The van der Waals surface area contributed by atoms with Crippen molar-refractivity contribution in [1.29, 1.82) is 0 Å². The second-order valence-electron chi connectivity index (χ2n) is 5.31. The molecule has 116 valence electrons. The molecule has 0 radical (unpaired) electrons. The molecule has 0 N–H and O–H groups in total. The average molecular weight is 310 g/mol. The van der Waals surface area contributed by atoms with Crippen molar-refractivity contribution in [3.63, 3.8) is 0 Å². The maximum absolute atomic E-state index is 4.74. The molecule has 0 aliphatic heterocycles. The van der Waals surface area contributed by atoms with Crippen LogP contribution in [0.5, 0.6) is 0 Å². The second kappa shape index (κ2) is 7.34. The third-order valence-corrected chi connectivity index (χ3v) is 3.59. The first-order chi connectivity index (χ1) is 11.8. The van der Waals surface area contributed by atoms with Crippen LogP contribution in [0, 0.1) is 0 Å². The summed E-state index contributed by atoms with van der Waals surface area (Å²) in [6.45, 7) is 7.80. The molecule has 1 aromatic heterocycles. The van der Waals surface area contributed by atoms with E-state index in [1.54, 1.807) is 6.08 Å². The van der Waals surface area contributed by atoms with Gasteiger partial charge in [-0.05, 0) is 11.6 Å². The Balaban J connectivity index is 2.14. The van der Waals surface area contributed by atoms with Crippen molar-refractivity contribution in [2.24, 2.45) is 0 Å². The molecule has 3 rings (SSSR count). The van der Waals surface area contributed by atoms with Crippen molar-refractivity contribution >= 4 is 5.57 Å². The summed E-state index contributed by atoms with van der Waals surface area (Å²) >= 11 is 0. The van der Waals surface area contributed by atoms with Crippen LogP contribution in [0.2, 0.25) is 0 Å². The first-order valence-electron chi connectivity index (χ1n) is 7.76. The Labute approximate surface area is 142 Å². The lowest BCUT2D eigenvalue weighted by Gasteiger charge is -2.09. The molecular weight excluding hydrogens is 292 g/mol. The highest BCUT2D eigenvalue weighted by Crippen LogP contribution is 2.25. The molecule has 0 spiro atoms. The van der Waals surface area contributed by atoms with Crippen molar-refractivity contribution in [2.45, 2.75) is 0 Å². The number of aromatic nitrogens is 2. The van der Waals surface area contributed by atoms with Gasteiger partial charge in [-0.1, -0.05) is 92.0 Å². The molecule has 0 bridgehead atoms. The molecular formula is C22H18N2. The lowest BCUT2D eigenvalue weighted by atomic mass is 10.1. The fourth-order valence-corrected chi connectivity index (χ4v) is 2.35. The van der Waals surface area contributed by atoms with Gasteiger partial charge in [-0.15, -0.1) is 0 Å². The summed E-state index contributed by atoms with van der Waals surface area (Å²) < 4.78 is 0. The monoisotopic (exact) mass is 310 g/mol. The summed E-state index contributed by atoms with van der Waals surface area (Å²) in [4.78, 5) is 9.43. The smallest absolute Gasteiger partial charge is 0.160 e. The van der Waals surface area contributed by atoms with Crippen molar-refractivity contribution < 1.29 is 0 Å². The highest BCUT2D eigenvalue weighted by Gasteiger charge is 2.09. The predicted octanol–water partition coefficient (Wildman–Crippen LogP) is 5.57. The van der Waals surface area contributed by atoms with Gasteiger partial charge in [0.2, 0.25) is 0 Å². The highest BCUT2D eigenvalue weighted by molar-refractivity contribution is 5.75. The van der Waals surface area contributed by atoms with Gasteiger partial charge >= 0.3 is 0 Å². The number of allylic oxidation sites excluding steroid dienone is 4. The van der Waals surface area contributed by atoms with Crippen LogP contribution in [0.25, 0.3) is 28.2 Å². The van der Waals surface area contributed by atoms with E-state index < -0.39 is 0 Å². The zero-order chi connectivity index (χ0) is 16.8. The Bertz CT molecular complexity index is 821. The molecule has 0 aliphatic carbocycles. The van der Waals surface area contributed by atoms with Crippen LogP contribution < -0.4 is 0 Å². The molecule has 0 saturated heterocycles. The van der Waals surface area contributed by atoms with Gasteiger partial charge < -0.3 is 0 Å². The first-order valence-corrected chi connectivity index (χ1v) is 7.76. The van der Waals surface area contributed by atoms with Gasteiger partial charge in [0.15, 0.2) is 5.82 Å². The summed E-state index contributed by atoms with van der Waals surface area (Å²) in [5.74, 6) is 0.695.